The Labute approximate surface area is 121 Å². The van der Waals surface area contributed by atoms with Crippen LogP contribution in [0.5, 0.6) is 0 Å². The van der Waals surface area contributed by atoms with Gasteiger partial charge in [-0.1, -0.05) is 55.6 Å². The summed E-state index contributed by atoms with van der Waals surface area (Å²) in [4.78, 5) is 0. The zero-order chi connectivity index (χ0) is 14.4. The molecule has 0 aromatic heterocycles. The highest BCUT2D eigenvalue weighted by Gasteiger charge is 2.20. The van der Waals surface area contributed by atoms with Crippen molar-refractivity contribution in [2.75, 3.05) is 6.54 Å². The van der Waals surface area contributed by atoms with E-state index in [1.54, 1.807) is 0 Å². The molecule has 1 aromatic carbocycles. The van der Waals surface area contributed by atoms with Crippen LogP contribution in [0, 0.1) is 11.8 Å². The number of nitrogens with zero attached hydrogens (tertiary/aromatic N) is 1. The number of amidine groups is 1. The summed E-state index contributed by atoms with van der Waals surface area (Å²) in [6.07, 6.45) is 5.42. The second-order valence-corrected chi connectivity index (χ2v) is 5.80. The van der Waals surface area contributed by atoms with Crippen molar-refractivity contribution < 1.29 is 5.21 Å². The van der Waals surface area contributed by atoms with Gasteiger partial charge in [-0.05, 0) is 30.4 Å². The standard InChI is InChI=1S/C16H25N3O/c1-12-6-2-3-7-13(12)10-18-11-14-8-4-5-9-15(14)16(17)19-20/h4-5,8-9,12-13,18,20H,2-3,6-7,10-11H2,1H3,(H2,17,19). The Kier molecular flexibility index (Phi) is 5.41. The topological polar surface area (TPSA) is 70.6 Å². The van der Waals surface area contributed by atoms with Crippen molar-refractivity contribution in [2.45, 2.75) is 39.2 Å². The van der Waals surface area contributed by atoms with Crippen molar-refractivity contribution in [3.63, 3.8) is 0 Å². The van der Waals surface area contributed by atoms with Gasteiger partial charge in [-0.2, -0.15) is 0 Å². The molecule has 4 nitrogen and oxygen atoms in total. The van der Waals surface area contributed by atoms with Gasteiger partial charge in [0.2, 0.25) is 0 Å². The van der Waals surface area contributed by atoms with E-state index < -0.39 is 0 Å². The van der Waals surface area contributed by atoms with Crippen LogP contribution >= 0.6 is 0 Å². The van der Waals surface area contributed by atoms with Gasteiger partial charge in [0, 0.05) is 12.1 Å². The summed E-state index contributed by atoms with van der Waals surface area (Å²) < 4.78 is 0. The Morgan fingerprint density at radius 2 is 2.10 bits per heavy atom. The van der Waals surface area contributed by atoms with Gasteiger partial charge in [0.05, 0.1) is 0 Å². The maximum absolute atomic E-state index is 8.82. The summed E-state index contributed by atoms with van der Waals surface area (Å²) in [7, 11) is 0. The maximum atomic E-state index is 8.82. The predicted octanol–water partition coefficient (Wildman–Crippen LogP) is 2.70. The molecular weight excluding hydrogens is 250 g/mol. The molecule has 1 aromatic rings. The predicted molar refractivity (Wildman–Crippen MR) is 81.8 cm³/mol. The Balaban J connectivity index is 1.91. The molecule has 0 bridgehead atoms. The van der Waals surface area contributed by atoms with Crippen molar-refractivity contribution in [2.24, 2.45) is 22.7 Å². The van der Waals surface area contributed by atoms with E-state index in [-0.39, 0.29) is 5.84 Å². The van der Waals surface area contributed by atoms with Crippen molar-refractivity contribution >= 4 is 5.84 Å². The molecule has 0 heterocycles. The molecule has 1 saturated carbocycles. The van der Waals surface area contributed by atoms with Crippen molar-refractivity contribution in [1.82, 2.24) is 5.32 Å². The van der Waals surface area contributed by atoms with Gasteiger partial charge < -0.3 is 16.3 Å². The minimum absolute atomic E-state index is 0.174. The fourth-order valence-electron chi connectivity index (χ4n) is 3.07. The number of hydrogen-bond acceptors (Lipinski definition) is 3. The third kappa shape index (κ3) is 3.73. The van der Waals surface area contributed by atoms with E-state index in [0.717, 1.165) is 36.1 Å². The third-order valence-electron chi connectivity index (χ3n) is 4.41. The summed E-state index contributed by atoms with van der Waals surface area (Å²) >= 11 is 0. The number of nitrogens with two attached hydrogens (primary N) is 1. The molecule has 4 N–H and O–H groups in total. The molecular formula is C16H25N3O. The van der Waals surface area contributed by atoms with Gasteiger partial charge in [-0.25, -0.2) is 0 Å². The van der Waals surface area contributed by atoms with E-state index in [1.807, 2.05) is 24.3 Å². The summed E-state index contributed by atoms with van der Waals surface area (Å²) in [6.45, 7) is 4.16. The molecule has 1 fully saturated rings. The molecule has 0 radical (unpaired) electrons. The molecule has 2 unspecified atom stereocenters. The SMILES string of the molecule is CC1CCCCC1CNCc1ccccc1C(N)=NO. The lowest BCUT2D eigenvalue weighted by molar-refractivity contribution is 0.247. The summed E-state index contributed by atoms with van der Waals surface area (Å²) in [5.41, 5.74) is 7.58. The first-order valence-corrected chi connectivity index (χ1v) is 7.49. The molecule has 1 aliphatic carbocycles. The van der Waals surface area contributed by atoms with Crippen LogP contribution in [-0.2, 0) is 6.54 Å². The van der Waals surface area contributed by atoms with Crippen molar-refractivity contribution in [3.05, 3.63) is 35.4 Å². The molecule has 110 valence electrons. The van der Waals surface area contributed by atoms with E-state index in [0.29, 0.717) is 0 Å². The average Bonchev–Trinajstić information content (AvgIpc) is 2.49. The fourth-order valence-corrected chi connectivity index (χ4v) is 3.07. The van der Waals surface area contributed by atoms with Gasteiger partial charge in [-0.15, -0.1) is 0 Å². The van der Waals surface area contributed by atoms with Crippen molar-refractivity contribution in [1.29, 1.82) is 0 Å². The summed E-state index contributed by atoms with van der Waals surface area (Å²) in [5, 5.41) is 15.4. The van der Waals surface area contributed by atoms with Crippen LogP contribution < -0.4 is 11.1 Å². The normalized spacial score (nSPS) is 23.8. The molecule has 0 spiro atoms. The fraction of sp³-hybridized carbons (Fsp3) is 0.562. The van der Waals surface area contributed by atoms with Crippen LogP contribution in [0.3, 0.4) is 0 Å². The molecule has 0 amide bonds. The van der Waals surface area contributed by atoms with E-state index in [4.69, 9.17) is 10.9 Å². The first kappa shape index (κ1) is 14.9. The van der Waals surface area contributed by atoms with Gasteiger partial charge in [0.1, 0.15) is 0 Å². The van der Waals surface area contributed by atoms with Crippen LogP contribution in [0.2, 0.25) is 0 Å². The lowest BCUT2D eigenvalue weighted by Gasteiger charge is -2.29. The molecule has 0 saturated heterocycles. The number of oxime groups is 1. The highest BCUT2D eigenvalue weighted by molar-refractivity contribution is 5.98. The van der Waals surface area contributed by atoms with E-state index >= 15 is 0 Å². The van der Waals surface area contributed by atoms with Crippen molar-refractivity contribution in [3.8, 4) is 0 Å². The average molecular weight is 275 g/mol. The lowest BCUT2D eigenvalue weighted by atomic mass is 9.80. The zero-order valence-corrected chi connectivity index (χ0v) is 12.2. The second-order valence-electron chi connectivity index (χ2n) is 5.80. The first-order chi connectivity index (χ1) is 9.72. The van der Waals surface area contributed by atoms with Crippen LogP contribution in [0.4, 0.5) is 0 Å². The van der Waals surface area contributed by atoms with E-state index in [9.17, 15) is 0 Å². The number of hydrogen-bond donors (Lipinski definition) is 3. The largest absolute Gasteiger partial charge is 0.409 e. The van der Waals surface area contributed by atoms with Crippen LogP contribution in [0.25, 0.3) is 0 Å². The van der Waals surface area contributed by atoms with Gasteiger partial charge in [0.15, 0.2) is 5.84 Å². The summed E-state index contributed by atoms with van der Waals surface area (Å²) in [5.74, 6) is 1.77. The molecule has 20 heavy (non-hydrogen) atoms. The first-order valence-electron chi connectivity index (χ1n) is 7.49. The number of rotatable bonds is 5. The minimum atomic E-state index is 0.174. The highest BCUT2D eigenvalue weighted by Crippen LogP contribution is 2.28. The minimum Gasteiger partial charge on any atom is -0.409 e. The van der Waals surface area contributed by atoms with Crippen LogP contribution in [0.1, 0.15) is 43.7 Å². The maximum Gasteiger partial charge on any atom is 0.170 e. The quantitative estimate of drug-likeness (QED) is 0.335. The van der Waals surface area contributed by atoms with Crippen LogP contribution in [0.15, 0.2) is 29.4 Å². The summed E-state index contributed by atoms with van der Waals surface area (Å²) in [6, 6.07) is 7.79. The smallest absolute Gasteiger partial charge is 0.170 e. The van der Waals surface area contributed by atoms with Gasteiger partial charge in [0.25, 0.3) is 0 Å². The third-order valence-corrected chi connectivity index (χ3v) is 4.41. The van der Waals surface area contributed by atoms with Gasteiger partial charge in [-0.3, -0.25) is 0 Å². The van der Waals surface area contributed by atoms with E-state index in [2.05, 4.69) is 17.4 Å². The Bertz CT molecular complexity index is 459. The highest BCUT2D eigenvalue weighted by atomic mass is 16.4. The molecule has 0 aliphatic heterocycles. The molecule has 1 aliphatic rings. The second kappa shape index (κ2) is 7.29. The van der Waals surface area contributed by atoms with Crippen LogP contribution in [-0.4, -0.2) is 17.6 Å². The number of benzene rings is 1. The van der Waals surface area contributed by atoms with Gasteiger partial charge >= 0.3 is 0 Å². The Hall–Kier alpha value is -1.55. The zero-order valence-electron chi connectivity index (χ0n) is 12.2. The molecule has 2 atom stereocenters. The molecule has 2 rings (SSSR count). The Morgan fingerprint density at radius 1 is 1.35 bits per heavy atom. The van der Waals surface area contributed by atoms with E-state index in [1.165, 1.54) is 25.7 Å². The molecule has 4 heteroatoms. The monoisotopic (exact) mass is 275 g/mol. The number of nitrogens with one attached hydrogen (secondary N) is 1. The lowest BCUT2D eigenvalue weighted by Crippen LogP contribution is -2.29. The Morgan fingerprint density at radius 3 is 2.85 bits per heavy atom.